The zero-order chi connectivity index (χ0) is 24.8. The zero-order valence-electron chi connectivity index (χ0n) is 19.5. The first-order valence-electron chi connectivity index (χ1n) is 11.7. The van der Waals surface area contributed by atoms with Crippen LogP contribution in [0.2, 0.25) is 0 Å². The fourth-order valence-electron chi connectivity index (χ4n) is 4.33. The molecule has 0 unspecified atom stereocenters. The summed E-state index contributed by atoms with van der Waals surface area (Å²) in [5, 5.41) is 2.69. The number of amides is 3. The Kier molecular flexibility index (Phi) is 8.04. The molecule has 3 amide bonds. The van der Waals surface area contributed by atoms with Gasteiger partial charge in [0.2, 0.25) is 11.8 Å². The number of halogens is 2. The van der Waals surface area contributed by atoms with Crippen LogP contribution in [0, 0.1) is 11.6 Å². The van der Waals surface area contributed by atoms with E-state index in [1.54, 1.807) is 28.0 Å². The lowest BCUT2D eigenvalue weighted by atomic mass is 10.1. The Hall–Kier alpha value is -3.37. The highest BCUT2D eigenvalue weighted by molar-refractivity contribution is 5.94. The Labute approximate surface area is 203 Å². The van der Waals surface area contributed by atoms with Crippen molar-refractivity contribution in [2.75, 3.05) is 70.8 Å². The smallest absolute Gasteiger partial charge is 0.256 e. The lowest BCUT2D eigenvalue weighted by Crippen LogP contribution is -2.55. The maximum absolute atomic E-state index is 13.9. The molecule has 0 spiro atoms. The molecule has 1 N–H and O–H groups in total. The molecular formula is C25H29F2N5O3. The third-order valence-corrected chi connectivity index (χ3v) is 6.32. The summed E-state index contributed by atoms with van der Waals surface area (Å²) in [6.45, 7) is 4.62. The number of piperazine rings is 2. The van der Waals surface area contributed by atoms with E-state index >= 15 is 0 Å². The largest absolute Gasteiger partial charge is 0.339 e. The van der Waals surface area contributed by atoms with Gasteiger partial charge in [-0.2, -0.15) is 0 Å². The van der Waals surface area contributed by atoms with E-state index in [1.165, 1.54) is 30.3 Å². The second kappa shape index (κ2) is 11.4. The molecule has 186 valence electrons. The minimum Gasteiger partial charge on any atom is -0.339 e. The predicted octanol–water partition coefficient (Wildman–Crippen LogP) is 1.51. The normalized spacial score (nSPS) is 17.3. The Morgan fingerprint density at radius 1 is 0.743 bits per heavy atom. The predicted molar refractivity (Wildman–Crippen MR) is 127 cm³/mol. The van der Waals surface area contributed by atoms with Crippen molar-refractivity contribution < 1.29 is 23.2 Å². The van der Waals surface area contributed by atoms with Gasteiger partial charge in [-0.3, -0.25) is 24.2 Å². The van der Waals surface area contributed by atoms with Crippen LogP contribution in [0.4, 0.5) is 14.5 Å². The molecule has 0 bridgehead atoms. The van der Waals surface area contributed by atoms with Gasteiger partial charge in [-0.25, -0.2) is 8.78 Å². The molecule has 2 saturated heterocycles. The van der Waals surface area contributed by atoms with Gasteiger partial charge in [0.05, 0.1) is 18.7 Å². The quantitative estimate of drug-likeness (QED) is 0.672. The molecule has 35 heavy (non-hydrogen) atoms. The summed E-state index contributed by atoms with van der Waals surface area (Å²) in [6.07, 6.45) is 0. The number of nitrogens with one attached hydrogen (secondary N) is 1. The average Bonchev–Trinajstić information content (AvgIpc) is 2.85. The van der Waals surface area contributed by atoms with Crippen molar-refractivity contribution in [3.8, 4) is 0 Å². The maximum atomic E-state index is 13.9. The van der Waals surface area contributed by atoms with Gasteiger partial charge in [0.15, 0.2) is 0 Å². The lowest BCUT2D eigenvalue weighted by Gasteiger charge is -2.37. The van der Waals surface area contributed by atoms with Crippen molar-refractivity contribution in [2.24, 2.45) is 0 Å². The third-order valence-electron chi connectivity index (χ3n) is 6.32. The molecule has 2 aliphatic rings. The van der Waals surface area contributed by atoms with Gasteiger partial charge >= 0.3 is 0 Å². The van der Waals surface area contributed by atoms with Crippen LogP contribution >= 0.6 is 0 Å². The number of hydrogen-bond acceptors (Lipinski definition) is 5. The van der Waals surface area contributed by atoms with Crippen molar-refractivity contribution in [2.45, 2.75) is 0 Å². The van der Waals surface area contributed by atoms with E-state index in [1.807, 2.05) is 9.80 Å². The molecule has 0 saturated carbocycles. The Morgan fingerprint density at radius 3 is 2.03 bits per heavy atom. The van der Waals surface area contributed by atoms with Gasteiger partial charge in [0, 0.05) is 58.0 Å². The number of hydrogen-bond donors (Lipinski definition) is 1. The number of rotatable bonds is 6. The molecular weight excluding hydrogens is 456 g/mol. The maximum Gasteiger partial charge on any atom is 0.256 e. The molecule has 2 aromatic rings. The number of benzene rings is 2. The van der Waals surface area contributed by atoms with Crippen LogP contribution in [0.5, 0.6) is 0 Å². The number of carbonyl (C=O) groups is 3. The summed E-state index contributed by atoms with van der Waals surface area (Å²) < 4.78 is 27.2. The molecule has 8 nitrogen and oxygen atoms in total. The van der Waals surface area contributed by atoms with Crippen molar-refractivity contribution in [1.82, 2.24) is 19.6 Å². The number of carbonyl (C=O) groups excluding carboxylic acids is 3. The molecule has 0 aromatic heterocycles. The molecule has 0 radical (unpaired) electrons. The minimum atomic E-state index is -0.527. The lowest BCUT2D eigenvalue weighted by molar-refractivity contribution is -0.134. The van der Waals surface area contributed by atoms with Crippen LogP contribution in [0.1, 0.15) is 10.4 Å². The van der Waals surface area contributed by atoms with E-state index in [9.17, 15) is 23.2 Å². The summed E-state index contributed by atoms with van der Waals surface area (Å²) in [5.74, 6) is -1.47. The molecule has 2 heterocycles. The topological polar surface area (TPSA) is 76.2 Å². The fourth-order valence-corrected chi connectivity index (χ4v) is 4.33. The van der Waals surface area contributed by atoms with Crippen molar-refractivity contribution in [1.29, 1.82) is 0 Å². The van der Waals surface area contributed by atoms with E-state index in [4.69, 9.17) is 0 Å². The first kappa shape index (κ1) is 24.7. The van der Waals surface area contributed by atoms with Gasteiger partial charge < -0.3 is 15.1 Å². The molecule has 10 heteroatoms. The van der Waals surface area contributed by atoms with Gasteiger partial charge in [0.1, 0.15) is 11.6 Å². The average molecular weight is 486 g/mol. The van der Waals surface area contributed by atoms with Crippen LogP contribution in [-0.2, 0) is 9.59 Å². The molecule has 0 atom stereocenters. The highest BCUT2D eigenvalue weighted by Crippen LogP contribution is 2.13. The Bertz CT molecular complexity index is 1070. The SMILES string of the molecule is O=C(CN1CCN(C(=O)CN2CCN(C(=O)c3ccccc3F)CC2)CC1)Nc1cccc(F)c1. The minimum absolute atomic E-state index is 0.0164. The highest BCUT2D eigenvalue weighted by atomic mass is 19.1. The van der Waals surface area contributed by atoms with Crippen LogP contribution in [0.15, 0.2) is 48.5 Å². The first-order valence-corrected chi connectivity index (χ1v) is 11.7. The van der Waals surface area contributed by atoms with Crippen molar-refractivity contribution in [3.63, 3.8) is 0 Å². The van der Waals surface area contributed by atoms with Gasteiger partial charge in [-0.05, 0) is 30.3 Å². The number of anilines is 1. The second-order valence-corrected chi connectivity index (χ2v) is 8.76. The summed E-state index contributed by atoms with van der Waals surface area (Å²) in [4.78, 5) is 45.0. The second-order valence-electron chi connectivity index (χ2n) is 8.76. The van der Waals surface area contributed by atoms with Crippen LogP contribution in [0.25, 0.3) is 0 Å². The fraction of sp³-hybridized carbons (Fsp3) is 0.400. The zero-order valence-corrected chi connectivity index (χ0v) is 19.5. The molecule has 2 fully saturated rings. The van der Waals surface area contributed by atoms with E-state index < -0.39 is 11.6 Å². The standard InChI is InChI=1S/C25H29F2N5O3/c26-19-4-3-5-20(16-19)28-23(33)17-29-8-12-31(13-9-29)24(34)18-30-10-14-32(15-11-30)25(35)21-6-1-2-7-22(21)27/h1-7,16H,8-15,17-18H2,(H,28,33). The summed E-state index contributed by atoms with van der Waals surface area (Å²) in [6, 6.07) is 11.7. The Balaban J connectivity index is 1.17. The third kappa shape index (κ3) is 6.61. The summed E-state index contributed by atoms with van der Waals surface area (Å²) in [7, 11) is 0. The van der Waals surface area contributed by atoms with E-state index in [2.05, 4.69) is 5.32 Å². The van der Waals surface area contributed by atoms with Gasteiger partial charge in [-0.1, -0.05) is 18.2 Å². The van der Waals surface area contributed by atoms with Gasteiger partial charge in [-0.15, -0.1) is 0 Å². The molecule has 0 aliphatic carbocycles. The molecule has 2 aliphatic heterocycles. The van der Waals surface area contributed by atoms with E-state index in [0.29, 0.717) is 58.0 Å². The van der Waals surface area contributed by atoms with Crippen LogP contribution in [0.3, 0.4) is 0 Å². The summed E-state index contributed by atoms with van der Waals surface area (Å²) >= 11 is 0. The Morgan fingerprint density at radius 2 is 1.37 bits per heavy atom. The molecule has 4 rings (SSSR count). The molecule has 2 aromatic carbocycles. The first-order chi connectivity index (χ1) is 16.9. The van der Waals surface area contributed by atoms with Gasteiger partial charge in [0.25, 0.3) is 5.91 Å². The monoisotopic (exact) mass is 485 g/mol. The highest BCUT2D eigenvalue weighted by Gasteiger charge is 2.27. The van der Waals surface area contributed by atoms with Crippen LogP contribution in [-0.4, -0.2) is 103 Å². The summed E-state index contributed by atoms with van der Waals surface area (Å²) in [5.41, 5.74) is 0.485. The van der Waals surface area contributed by atoms with Crippen molar-refractivity contribution in [3.05, 3.63) is 65.7 Å². The van der Waals surface area contributed by atoms with Crippen molar-refractivity contribution >= 4 is 23.4 Å². The van der Waals surface area contributed by atoms with E-state index in [0.717, 1.165) is 0 Å². The number of nitrogens with zero attached hydrogens (tertiary/aromatic N) is 4. The van der Waals surface area contributed by atoms with Crippen LogP contribution < -0.4 is 5.32 Å². The van der Waals surface area contributed by atoms with E-state index in [-0.39, 0.29) is 36.4 Å².